The molecule has 2 heterocycles. The van der Waals surface area contributed by atoms with Gasteiger partial charge in [0, 0.05) is 17.6 Å². The van der Waals surface area contributed by atoms with Crippen LogP contribution in [0.3, 0.4) is 0 Å². The zero-order chi connectivity index (χ0) is 15.0. The molecule has 1 saturated heterocycles. The molecule has 0 aliphatic carbocycles. The Balaban J connectivity index is 1.63. The van der Waals surface area contributed by atoms with Crippen LogP contribution in [0.2, 0.25) is 0 Å². The van der Waals surface area contributed by atoms with Crippen molar-refractivity contribution in [2.75, 3.05) is 19.6 Å². The topological polar surface area (TPSA) is 55.6 Å². The van der Waals surface area contributed by atoms with Gasteiger partial charge in [0.25, 0.3) is 0 Å². The molecule has 3 rings (SSSR count). The van der Waals surface area contributed by atoms with Crippen LogP contribution in [0.1, 0.15) is 46.8 Å². The highest BCUT2D eigenvalue weighted by molar-refractivity contribution is 5.93. The van der Waals surface area contributed by atoms with Gasteiger partial charge in [0.15, 0.2) is 0 Å². The van der Waals surface area contributed by atoms with E-state index in [9.17, 15) is 4.79 Å². The number of carbonyl (C=O) groups excluding carboxylic acids is 1. The molecule has 4 nitrogen and oxygen atoms in total. The zero-order valence-corrected chi connectivity index (χ0v) is 12.9. The summed E-state index contributed by atoms with van der Waals surface area (Å²) in [6, 6.07) is 4.00. The number of benzene rings is 1. The summed E-state index contributed by atoms with van der Waals surface area (Å²) in [6.45, 7) is 7.90. The fourth-order valence-corrected chi connectivity index (χ4v) is 3.23. The number of nitrogens with two attached hydrogens (primary N) is 1. The zero-order valence-electron chi connectivity index (χ0n) is 12.9. The number of esters is 1. The number of fused-ring (bicyclic) bond motifs is 1. The highest BCUT2D eigenvalue weighted by Gasteiger charge is 2.26. The quantitative estimate of drug-likeness (QED) is 0.865. The summed E-state index contributed by atoms with van der Waals surface area (Å²) in [4.78, 5) is 14.0. The standard InChI is InChI=1S/C17H24N2O2/c1-12-13(3-4-14-15(12)11-21-16(14)20)5-8-19-9-6-17(2,18)7-10-19/h3-4H,5-11,18H2,1-2H3. The molecule has 0 saturated carbocycles. The maximum Gasteiger partial charge on any atom is 0.338 e. The second-order valence-corrected chi connectivity index (χ2v) is 6.70. The van der Waals surface area contributed by atoms with Crippen molar-refractivity contribution in [3.8, 4) is 0 Å². The van der Waals surface area contributed by atoms with E-state index >= 15 is 0 Å². The van der Waals surface area contributed by atoms with Crippen molar-refractivity contribution in [3.63, 3.8) is 0 Å². The van der Waals surface area contributed by atoms with Gasteiger partial charge in [0.05, 0.1) is 5.56 Å². The number of piperidine rings is 1. The monoisotopic (exact) mass is 288 g/mol. The Kier molecular flexibility index (Phi) is 3.76. The Morgan fingerprint density at radius 2 is 2.05 bits per heavy atom. The Labute approximate surface area is 126 Å². The summed E-state index contributed by atoms with van der Waals surface area (Å²) in [5, 5.41) is 0. The minimum Gasteiger partial charge on any atom is -0.457 e. The third-order valence-electron chi connectivity index (χ3n) is 4.97. The SMILES string of the molecule is Cc1c(CCN2CCC(C)(N)CC2)ccc2c1COC2=O. The van der Waals surface area contributed by atoms with Crippen LogP contribution in [-0.4, -0.2) is 36.0 Å². The van der Waals surface area contributed by atoms with Gasteiger partial charge in [-0.25, -0.2) is 4.79 Å². The van der Waals surface area contributed by atoms with Crippen molar-refractivity contribution >= 4 is 5.97 Å². The first-order valence-corrected chi connectivity index (χ1v) is 7.76. The van der Waals surface area contributed by atoms with E-state index in [1.54, 1.807) is 0 Å². The highest BCUT2D eigenvalue weighted by Crippen LogP contribution is 2.26. The first-order chi connectivity index (χ1) is 9.96. The third kappa shape index (κ3) is 2.97. The van der Waals surface area contributed by atoms with Gasteiger partial charge in [0.2, 0.25) is 0 Å². The van der Waals surface area contributed by atoms with Crippen LogP contribution >= 0.6 is 0 Å². The molecule has 1 fully saturated rings. The molecule has 4 heteroatoms. The molecule has 2 aliphatic heterocycles. The van der Waals surface area contributed by atoms with Crippen molar-refractivity contribution in [2.24, 2.45) is 5.73 Å². The lowest BCUT2D eigenvalue weighted by Gasteiger charge is -2.36. The van der Waals surface area contributed by atoms with Crippen LogP contribution in [0.25, 0.3) is 0 Å². The average molecular weight is 288 g/mol. The molecule has 0 spiro atoms. The van der Waals surface area contributed by atoms with Crippen LogP contribution < -0.4 is 5.73 Å². The summed E-state index contributed by atoms with van der Waals surface area (Å²) in [6.07, 6.45) is 3.16. The van der Waals surface area contributed by atoms with Crippen LogP contribution in [0.4, 0.5) is 0 Å². The number of carbonyl (C=O) groups is 1. The van der Waals surface area contributed by atoms with Crippen molar-refractivity contribution in [2.45, 2.75) is 45.3 Å². The Hall–Kier alpha value is -1.39. The number of cyclic esters (lactones) is 1. The van der Waals surface area contributed by atoms with Crippen LogP contribution in [0, 0.1) is 6.92 Å². The molecule has 21 heavy (non-hydrogen) atoms. The molecule has 2 aliphatic rings. The Morgan fingerprint density at radius 1 is 1.33 bits per heavy atom. The summed E-state index contributed by atoms with van der Waals surface area (Å²) >= 11 is 0. The first kappa shape index (κ1) is 14.5. The number of hydrogen-bond acceptors (Lipinski definition) is 4. The maximum absolute atomic E-state index is 11.6. The van der Waals surface area contributed by atoms with E-state index in [4.69, 9.17) is 10.5 Å². The van der Waals surface area contributed by atoms with E-state index in [-0.39, 0.29) is 11.5 Å². The number of nitrogens with zero attached hydrogens (tertiary/aromatic N) is 1. The molecule has 0 amide bonds. The summed E-state index contributed by atoms with van der Waals surface area (Å²) in [7, 11) is 0. The van der Waals surface area contributed by atoms with E-state index in [1.165, 1.54) is 11.1 Å². The van der Waals surface area contributed by atoms with Crippen molar-refractivity contribution in [3.05, 3.63) is 34.4 Å². The largest absolute Gasteiger partial charge is 0.457 e. The lowest BCUT2D eigenvalue weighted by molar-refractivity contribution is 0.0535. The van der Waals surface area contributed by atoms with Gasteiger partial charge in [0.1, 0.15) is 6.61 Å². The average Bonchev–Trinajstić information content (AvgIpc) is 2.82. The van der Waals surface area contributed by atoms with E-state index in [0.717, 1.165) is 50.0 Å². The maximum atomic E-state index is 11.6. The molecule has 0 aromatic heterocycles. The second kappa shape index (κ2) is 5.43. The molecule has 0 radical (unpaired) electrons. The molecular weight excluding hydrogens is 264 g/mol. The molecule has 0 bridgehead atoms. The van der Waals surface area contributed by atoms with Gasteiger partial charge < -0.3 is 15.4 Å². The van der Waals surface area contributed by atoms with Gasteiger partial charge in [-0.2, -0.15) is 0 Å². The molecule has 1 aromatic carbocycles. The minimum atomic E-state index is -0.182. The van der Waals surface area contributed by atoms with Gasteiger partial charge in [-0.05, 0) is 63.4 Å². The third-order valence-corrected chi connectivity index (χ3v) is 4.97. The number of ether oxygens (including phenoxy) is 1. The number of rotatable bonds is 3. The molecule has 114 valence electrons. The lowest BCUT2D eigenvalue weighted by Crippen LogP contribution is -2.48. The fraction of sp³-hybridized carbons (Fsp3) is 0.588. The van der Waals surface area contributed by atoms with E-state index in [0.29, 0.717) is 6.61 Å². The second-order valence-electron chi connectivity index (χ2n) is 6.70. The number of hydrogen-bond donors (Lipinski definition) is 1. The fourth-order valence-electron chi connectivity index (χ4n) is 3.23. The van der Waals surface area contributed by atoms with Crippen molar-refractivity contribution in [1.29, 1.82) is 0 Å². The summed E-state index contributed by atoms with van der Waals surface area (Å²) in [5.74, 6) is -0.182. The van der Waals surface area contributed by atoms with Crippen molar-refractivity contribution < 1.29 is 9.53 Å². The van der Waals surface area contributed by atoms with Gasteiger partial charge >= 0.3 is 5.97 Å². The predicted octanol–water partition coefficient (Wildman–Crippen LogP) is 2.02. The number of likely N-dealkylation sites (tertiary alicyclic amines) is 1. The lowest BCUT2D eigenvalue weighted by atomic mass is 9.90. The Morgan fingerprint density at radius 3 is 2.76 bits per heavy atom. The molecular formula is C17H24N2O2. The van der Waals surface area contributed by atoms with Crippen LogP contribution in [-0.2, 0) is 17.8 Å². The van der Waals surface area contributed by atoms with Crippen LogP contribution in [0.15, 0.2) is 12.1 Å². The van der Waals surface area contributed by atoms with E-state index in [1.807, 2.05) is 6.07 Å². The smallest absolute Gasteiger partial charge is 0.338 e. The minimum absolute atomic E-state index is 0.0116. The van der Waals surface area contributed by atoms with Crippen molar-refractivity contribution in [1.82, 2.24) is 4.90 Å². The van der Waals surface area contributed by atoms with Crippen LogP contribution in [0.5, 0.6) is 0 Å². The molecule has 2 N–H and O–H groups in total. The predicted molar refractivity (Wildman–Crippen MR) is 82.3 cm³/mol. The molecule has 0 atom stereocenters. The highest BCUT2D eigenvalue weighted by atomic mass is 16.5. The first-order valence-electron chi connectivity index (χ1n) is 7.76. The van der Waals surface area contributed by atoms with Gasteiger partial charge in [-0.3, -0.25) is 0 Å². The van der Waals surface area contributed by atoms with Gasteiger partial charge in [-0.15, -0.1) is 0 Å². The summed E-state index contributed by atoms with van der Waals surface area (Å²) in [5.41, 5.74) is 10.6. The molecule has 0 unspecified atom stereocenters. The summed E-state index contributed by atoms with van der Waals surface area (Å²) < 4.78 is 5.11. The Bertz CT molecular complexity index is 556. The molecule has 1 aromatic rings. The normalized spacial score (nSPS) is 21.2. The van der Waals surface area contributed by atoms with E-state index in [2.05, 4.69) is 24.8 Å². The van der Waals surface area contributed by atoms with Gasteiger partial charge in [-0.1, -0.05) is 6.07 Å². The van der Waals surface area contributed by atoms with E-state index < -0.39 is 0 Å².